The first kappa shape index (κ1) is 20.8. The van der Waals surface area contributed by atoms with E-state index >= 15 is 0 Å². The first-order valence-electron chi connectivity index (χ1n) is 9.37. The number of anilines is 2. The average Bonchev–Trinajstić information content (AvgIpc) is 3.26. The number of carbonyl (C=O) groups excluding carboxylic acids is 1. The van der Waals surface area contributed by atoms with Gasteiger partial charge in [0.2, 0.25) is 0 Å². The standard InChI is InChI=1S/C21H26N6OS/c1-15(24-14-20(23-2)27-10-8-26(3)9-11-27)21(28)25-18-13-16(6-7-17(18)22)19-5-4-12-29-19/h4-7,12-14H,2,8-11,22H2,1,3H3,(H,25,28)/b20-14+,24-15+. The highest BCUT2D eigenvalue weighted by Gasteiger charge is 2.16. The zero-order chi connectivity index (χ0) is 20.8. The van der Waals surface area contributed by atoms with Crippen LogP contribution in [-0.2, 0) is 4.79 Å². The van der Waals surface area contributed by atoms with Crippen molar-refractivity contribution in [3.63, 3.8) is 0 Å². The molecule has 1 aromatic heterocycles. The molecule has 29 heavy (non-hydrogen) atoms. The molecule has 3 rings (SSSR count). The molecule has 2 aromatic rings. The predicted molar refractivity (Wildman–Crippen MR) is 123 cm³/mol. The van der Waals surface area contributed by atoms with Crippen LogP contribution in [0, 0.1) is 0 Å². The van der Waals surface area contributed by atoms with Crippen LogP contribution in [0.1, 0.15) is 6.92 Å². The van der Waals surface area contributed by atoms with Gasteiger partial charge in [-0.3, -0.25) is 9.79 Å². The molecule has 0 aliphatic carbocycles. The quantitative estimate of drug-likeness (QED) is 0.566. The van der Waals surface area contributed by atoms with Crippen LogP contribution in [0.3, 0.4) is 0 Å². The lowest BCUT2D eigenvalue weighted by molar-refractivity contribution is -0.110. The van der Waals surface area contributed by atoms with E-state index in [1.165, 1.54) is 0 Å². The Labute approximate surface area is 175 Å². The summed E-state index contributed by atoms with van der Waals surface area (Å²) in [6.45, 7) is 8.91. The van der Waals surface area contributed by atoms with Crippen molar-refractivity contribution >= 4 is 41.0 Å². The van der Waals surface area contributed by atoms with Gasteiger partial charge in [-0.2, -0.15) is 0 Å². The molecule has 7 nitrogen and oxygen atoms in total. The van der Waals surface area contributed by atoms with Crippen LogP contribution in [0.2, 0.25) is 0 Å². The molecule has 0 spiro atoms. The molecule has 1 fully saturated rings. The lowest BCUT2D eigenvalue weighted by Crippen LogP contribution is -2.43. The first-order valence-corrected chi connectivity index (χ1v) is 10.3. The van der Waals surface area contributed by atoms with Crippen LogP contribution in [0.25, 0.3) is 10.4 Å². The highest BCUT2D eigenvalue weighted by Crippen LogP contribution is 2.30. The molecule has 0 atom stereocenters. The summed E-state index contributed by atoms with van der Waals surface area (Å²) >= 11 is 1.63. The Bertz CT molecular complexity index is 927. The first-order chi connectivity index (χ1) is 14.0. The van der Waals surface area contributed by atoms with Gasteiger partial charge in [-0.25, -0.2) is 4.99 Å². The normalized spacial score (nSPS) is 16.0. The second kappa shape index (κ2) is 9.49. The van der Waals surface area contributed by atoms with E-state index < -0.39 is 0 Å². The number of hydrogen-bond acceptors (Lipinski definition) is 7. The molecule has 1 aliphatic heterocycles. The lowest BCUT2D eigenvalue weighted by Gasteiger charge is -2.33. The molecule has 3 N–H and O–H groups in total. The Morgan fingerprint density at radius 2 is 2.03 bits per heavy atom. The molecule has 1 amide bonds. The maximum absolute atomic E-state index is 12.6. The zero-order valence-corrected chi connectivity index (χ0v) is 17.6. The average molecular weight is 411 g/mol. The molecule has 0 radical (unpaired) electrons. The summed E-state index contributed by atoms with van der Waals surface area (Å²) in [5.74, 6) is 0.363. The fourth-order valence-electron chi connectivity index (χ4n) is 2.94. The molecule has 152 valence electrons. The number of aliphatic imine (C=N–C) groups is 2. The number of rotatable bonds is 6. The van der Waals surface area contributed by atoms with E-state index in [9.17, 15) is 4.79 Å². The van der Waals surface area contributed by atoms with E-state index in [1.807, 2.05) is 29.6 Å². The number of carbonyl (C=O) groups is 1. The zero-order valence-electron chi connectivity index (χ0n) is 16.8. The maximum Gasteiger partial charge on any atom is 0.269 e. The fourth-order valence-corrected chi connectivity index (χ4v) is 3.67. The van der Waals surface area contributed by atoms with Gasteiger partial charge in [0.25, 0.3) is 5.91 Å². The summed E-state index contributed by atoms with van der Waals surface area (Å²) in [7, 11) is 2.09. The Hall–Kier alpha value is -2.97. The third kappa shape index (κ3) is 5.30. The number of piperazine rings is 1. The van der Waals surface area contributed by atoms with Crippen LogP contribution < -0.4 is 11.1 Å². The van der Waals surface area contributed by atoms with Gasteiger partial charge in [0, 0.05) is 31.1 Å². The number of thiophene rings is 1. The van der Waals surface area contributed by atoms with Crippen LogP contribution in [0.5, 0.6) is 0 Å². The molecular weight excluding hydrogens is 384 g/mol. The number of nitrogen functional groups attached to an aromatic ring is 1. The molecule has 0 bridgehead atoms. The molecule has 1 aromatic carbocycles. The predicted octanol–water partition coefficient (Wildman–Crippen LogP) is 3.14. The minimum absolute atomic E-state index is 0.307. The van der Waals surface area contributed by atoms with E-state index in [1.54, 1.807) is 30.5 Å². The van der Waals surface area contributed by atoms with Crippen molar-refractivity contribution in [1.29, 1.82) is 0 Å². The monoisotopic (exact) mass is 410 g/mol. The number of hydrogen-bond donors (Lipinski definition) is 2. The Kier molecular flexibility index (Phi) is 6.79. The SMILES string of the molecule is C=N/C(=C\N=C(/C)C(=O)Nc1cc(-c2cccs2)ccc1N)N1CCN(C)CC1. The van der Waals surface area contributed by atoms with E-state index in [4.69, 9.17) is 5.73 Å². The minimum Gasteiger partial charge on any atom is -0.397 e. The van der Waals surface area contributed by atoms with E-state index in [-0.39, 0.29) is 5.91 Å². The fraction of sp³-hybridized carbons (Fsp3) is 0.286. The van der Waals surface area contributed by atoms with Gasteiger partial charge >= 0.3 is 0 Å². The second-order valence-electron chi connectivity index (χ2n) is 6.88. The maximum atomic E-state index is 12.6. The van der Waals surface area contributed by atoms with Crippen molar-refractivity contribution in [3.8, 4) is 10.4 Å². The van der Waals surface area contributed by atoms with Crippen molar-refractivity contribution < 1.29 is 4.79 Å². The molecule has 1 aliphatic rings. The van der Waals surface area contributed by atoms with Crippen molar-refractivity contribution in [2.24, 2.45) is 9.98 Å². The second-order valence-corrected chi connectivity index (χ2v) is 7.83. The Morgan fingerprint density at radius 3 is 2.69 bits per heavy atom. The van der Waals surface area contributed by atoms with Crippen molar-refractivity contribution in [2.75, 3.05) is 44.3 Å². The summed E-state index contributed by atoms with van der Waals surface area (Å²) in [5.41, 5.74) is 8.45. The summed E-state index contributed by atoms with van der Waals surface area (Å²) in [5, 5.41) is 4.87. The van der Waals surface area contributed by atoms with E-state index in [2.05, 4.69) is 38.9 Å². The number of benzene rings is 1. The van der Waals surface area contributed by atoms with Gasteiger partial charge in [-0.05, 0) is 49.8 Å². The van der Waals surface area contributed by atoms with Crippen molar-refractivity contribution in [2.45, 2.75) is 6.92 Å². The third-order valence-electron chi connectivity index (χ3n) is 4.80. The minimum atomic E-state index is -0.307. The number of likely N-dealkylation sites (N-methyl/N-ethyl adjacent to an activating group) is 1. The van der Waals surface area contributed by atoms with Crippen LogP contribution >= 0.6 is 11.3 Å². The Balaban J connectivity index is 1.71. The van der Waals surface area contributed by atoms with Gasteiger partial charge < -0.3 is 20.9 Å². The van der Waals surface area contributed by atoms with Gasteiger partial charge in [0.1, 0.15) is 11.5 Å². The number of amides is 1. The molecular formula is C21H26N6OS. The van der Waals surface area contributed by atoms with Crippen molar-refractivity contribution in [1.82, 2.24) is 9.80 Å². The topological polar surface area (TPSA) is 86.3 Å². The number of nitrogens with one attached hydrogen (secondary N) is 1. The van der Waals surface area contributed by atoms with Crippen molar-refractivity contribution in [3.05, 3.63) is 47.7 Å². The molecule has 2 heterocycles. The third-order valence-corrected chi connectivity index (χ3v) is 5.72. The van der Waals surface area contributed by atoms with Gasteiger partial charge in [-0.1, -0.05) is 12.1 Å². The highest BCUT2D eigenvalue weighted by molar-refractivity contribution is 7.13. The van der Waals surface area contributed by atoms with E-state index in [0.29, 0.717) is 22.9 Å². The summed E-state index contributed by atoms with van der Waals surface area (Å²) in [4.78, 5) is 26.4. The summed E-state index contributed by atoms with van der Waals surface area (Å²) in [6, 6.07) is 9.64. The number of nitrogens with zero attached hydrogens (tertiary/aromatic N) is 4. The van der Waals surface area contributed by atoms with Crippen LogP contribution in [-0.4, -0.2) is 61.4 Å². The van der Waals surface area contributed by atoms with Crippen LogP contribution in [0.15, 0.2) is 57.7 Å². The van der Waals surface area contributed by atoms with Gasteiger partial charge in [-0.15, -0.1) is 11.3 Å². The van der Waals surface area contributed by atoms with Gasteiger partial charge in [0.05, 0.1) is 17.6 Å². The highest BCUT2D eigenvalue weighted by atomic mass is 32.1. The van der Waals surface area contributed by atoms with E-state index in [0.717, 1.165) is 36.6 Å². The lowest BCUT2D eigenvalue weighted by atomic mass is 10.1. The van der Waals surface area contributed by atoms with Crippen LogP contribution in [0.4, 0.5) is 11.4 Å². The largest absolute Gasteiger partial charge is 0.397 e. The molecule has 1 saturated heterocycles. The molecule has 0 saturated carbocycles. The molecule has 8 heteroatoms. The molecule has 0 unspecified atom stereocenters. The van der Waals surface area contributed by atoms with Gasteiger partial charge in [0.15, 0.2) is 0 Å². The summed E-state index contributed by atoms with van der Waals surface area (Å²) in [6.07, 6.45) is 1.60. The summed E-state index contributed by atoms with van der Waals surface area (Å²) < 4.78 is 0. The number of nitrogens with two attached hydrogens (primary N) is 1. The smallest absolute Gasteiger partial charge is 0.269 e. The Morgan fingerprint density at radius 1 is 1.28 bits per heavy atom.